The molecule has 2 heterocycles. The van der Waals surface area contributed by atoms with Crippen molar-refractivity contribution in [3.63, 3.8) is 0 Å². The van der Waals surface area contributed by atoms with Crippen molar-refractivity contribution in [1.29, 1.82) is 5.41 Å². The van der Waals surface area contributed by atoms with Crippen LogP contribution in [0.1, 0.15) is 65.7 Å². The molecule has 1 aromatic rings. The first kappa shape index (κ1) is 22.2. The average Bonchev–Trinajstić information content (AvgIpc) is 2.96. The van der Waals surface area contributed by atoms with E-state index >= 15 is 0 Å². The number of halogens is 2. The summed E-state index contributed by atoms with van der Waals surface area (Å²) in [6.07, 6.45) is 2.46. The average molecular weight is 430 g/mol. The summed E-state index contributed by atoms with van der Waals surface area (Å²) < 4.78 is 0. The lowest BCUT2D eigenvalue weighted by atomic mass is 9.89. The molecule has 2 aliphatic rings. The lowest BCUT2D eigenvalue weighted by molar-refractivity contribution is 0.380. The third-order valence-electron chi connectivity index (χ3n) is 4.68. The first-order valence-corrected chi connectivity index (χ1v) is 10.3. The zero-order chi connectivity index (χ0) is 19.4. The van der Waals surface area contributed by atoms with Gasteiger partial charge in [0.25, 0.3) is 0 Å². The van der Waals surface area contributed by atoms with E-state index in [1.165, 1.54) is 0 Å². The summed E-state index contributed by atoms with van der Waals surface area (Å²) in [5.74, 6) is 0.844. The Kier molecular flexibility index (Phi) is 6.06. The first-order chi connectivity index (χ1) is 11.9. The van der Waals surface area contributed by atoms with E-state index in [0.717, 1.165) is 46.1 Å². The Morgan fingerprint density at radius 1 is 1.15 bits per heavy atom. The normalized spacial score (nSPS) is 20.3. The Hall–Kier alpha value is -1.11. The number of nitrogens with one attached hydrogen (secondary N) is 1. The van der Waals surface area contributed by atoms with Gasteiger partial charge in [0, 0.05) is 22.0 Å². The molecule has 0 aromatic carbocycles. The zero-order valence-electron chi connectivity index (χ0n) is 16.8. The fourth-order valence-corrected chi connectivity index (χ4v) is 5.64. The number of nitrogens with zero attached hydrogens (tertiary/aromatic N) is 3. The fraction of sp³-hybridized carbons (Fsp3) is 0.632. The number of nitrogens with two attached hydrogens (primary N) is 1. The largest absolute Gasteiger partial charge is 0.382 e. The van der Waals surface area contributed by atoms with E-state index < -0.39 is 0 Å². The third-order valence-corrected chi connectivity index (χ3v) is 6.12. The maximum absolute atomic E-state index is 8.22. The minimum atomic E-state index is -0.0967. The molecule has 0 saturated carbocycles. The van der Waals surface area contributed by atoms with Crippen LogP contribution in [0.3, 0.4) is 0 Å². The summed E-state index contributed by atoms with van der Waals surface area (Å²) >= 11 is 7.95. The van der Waals surface area contributed by atoms with Crippen molar-refractivity contribution >= 4 is 57.8 Å². The number of allylic oxidation sites excluding steroid dienone is 1. The number of aliphatic imine (C=N–C) groups is 1. The fourth-order valence-electron chi connectivity index (χ4n) is 4.00. The van der Waals surface area contributed by atoms with Crippen LogP contribution in [0.5, 0.6) is 0 Å². The maximum atomic E-state index is 8.22. The van der Waals surface area contributed by atoms with Gasteiger partial charge >= 0.3 is 0 Å². The summed E-state index contributed by atoms with van der Waals surface area (Å²) in [5, 5.41) is 9.21. The second-order valence-electron chi connectivity index (χ2n) is 8.99. The summed E-state index contributed by atoms with van der Waals surface area (Å²) in [4.78, 5) is 12.4. The van der Waals surface area contributed by atoms with Gasteiger partial charge in [0.05, 0.1) is 10.6 Å². The predicted molar refractivity (Wildman–Crippen MR) is 121 cm³/mol. The predicted octanol–water partition coefficient (Wildman–Crippen LogP) is 5.42. The standard InChI is InChI=1S/C19H28ClN5S.ClH/c1-18(2,3)25(19(4,5)6)17-24-16(22)14(26-17)13-12-9-10(20)7-8-11(12)15(21)23-13;/h10,21H,7-9,22H2,1-6H3;1H. The number of rotatable bonds is 2. The van der Waals surface area contributed by atoms with Crippen molar-refractivity contribution in [2.45, 2.75) is 77.3 Å². The highest BCUT2D eigenvalue weighted by molar-refractivity contribution is 7.18. The van der Waals surface area contributed by atoms with Crippen molar-refractivity contribution in [2.24, 2.45) is 4.99 Å². The highest BCUT2D eigenvalue weighted by Crippen LogP contribution is 2.42. The quantitative estimate of drug-likeness (QED) is 0.615. The Labute approximate surface area is 177 Å². The van der Waals surface area contributed by atoms with Crippen molar-refractivity contribution in [3.8, 4) is 0 Å². The minimum absolute atomic E-state index is 0. The summed E-state index contributed by atoms with van der Waals surface area (Å²) in [6.45, 7) is 13.1. The lowest BCUT2D eigenvalue weighted by Crippen LogP contribution is -2.53. The van der Waals surface area contributed by atoms with Crippen molar-refractivity contribution < 1.29 is 0 Å². The van der Waals surface area contributed by atoms with Crippen LogP contribution in [0.25, 0.3) is 0 Å². The van der Waals surface area contributed by atoms with Crippen molar-refractivity contribution in [1.82, 2.24) is 4.98 Å². The van der Waals surface area contributed by atoms with Gasteiger partial charge in [-0.1, -0.05) is 11.3 Å². The Morgan fingerprint density at radius 2 is 1.74 bits per heavy atom. The van der Waals surface area contributed by atoms with Gasteiger partial charge in [0.2, 0.25) is 0 Å². The molecule has 0 amide bonds. The van der Waals surface area contributed by atoms with Crippen LogP contribution in [0.4, 0.5) is 10.9 Å². The molecule has 1 aliphatic heterocycles. The summed E-state index contributed by atoms with van der Waals surface area (Å²) in [7, 11) is 0. The summed E-state index contributed by atoms with van der Waals surface area (Å²) in [5.41, 5.74) is 9.03. The zero-order valence-corrected chi connectivity index (χ0v) is 19.2. The highest BCUT2D eigenvalue weighted by atomic mass is 35.5. The van der Waals surface area contributed by atoms with E-state index in [1.54, 1.807) is 11.3 Å². The Balaban J connectivity index is 0.00000261. The number of alkyl halides is 1. The highest BCUT2D eigenvalue weighted by Gasteiger charge is 2.37. The molecule has 1 aliphatic carbocycles. The van der Waals surface area contributed by atoms with Gasteiger partial charge in [-0.15, -0.1) is 24.0 Å². The molecular weight excluding hydrogens is 401 g/mol. The van der Waals surface area contributed by atoms with Gasteiger partial charge < -0.3 is 10.6 Å². The molecule has 8 heteroatoms. The number of aromatic nitrogens is 1. The van der Waals surface area contributed by atoms with E-state index in [0.29, 0.717) is 11.7 Å². The molecule has 3 N–H and O–H groups in total. The lowest BCUT2D eigenvalue weighted by Gasteiger charge is -2.45. The SMILES string of the molecule is CC(C)(C)N(c1nc(N)c(C2=NC(=N)C3=C2CC(Cl)CC3)s1)C(C)(C)C.Cl. The van der Waals surface area contributed by atoms with E-state index in [-0.39, 0.29) is 28.9 Å². The molecule has 1 atom stereocenters. The van der Waals surface area contributed by atoms with Crippen LogP contribution in [0.15, 0.2) is 16.1 Å². The molecular formula is C19H29Cl2N5S. The first-order valence-electron chi connectivity index (χ1n) is 9.00. The van der Waals surface area contributed by atoms with Crippen LogP contribution >= 0.6 is 35.3 Å². The van der Waals surface area contributed by atoms with Gasteiger partial charge in [0.1, 0.15) is 11.7 Å². The molecule has 5 nitrogen and oxygen atoms in total. The van der Waals surface area contributed by atoms with Gasteiger partial charge in [-0.25, -0.2) is 9.98 Å². The van der Waals surface area contributed by atoms with Crippen LogP contribution in [0, 0.1) is 5.41 Å². The third kappa shape index (κ3) is 4.17. The molecule has 0 bridgehead atoms. The van der Waals surface area contributed by atoms with Crippen molar-refractivity contribution in [2.75, 3.05) is 10.6 Å². The molecule has 0 saturated heterocycles. The molecule has 3 rings (SSSR count). The molecule has 27 heavy (non-hydrogen) atoms. The molecule has 1 unspecified atom stereocenters. The molecule has 0 fully saturated rings. The molecule has 150 valence electrons. The second kappa shape index (κ2) is 7.37. The maximum Gasteiger partial charge on any atom is 0.188 e. The van der Waals surface area contributed by atoms with E-state index in [1.807, 2.05) is 0 Å². The topological polar surface area (TPSA) is 78.4 Å². The molecule has 0 spiro atoms. The number of thiazole rings is 1. The van der Waals surface area contributed by atoms with Crippen LogP contribution < -0.4 is 10.6 Å². The Bertz CT molecular complexity index is 797. The van der Waals surface area contributed by atoms with Gasteiger partial charge in [-0.05, 0) is 66.4 Å². The number of amidine groups is 1. The van der Waals surface area contributed by atoms with E-state index in [2.05, 4.69) is 56.4 Å². The minimum Gasteiger partial charge on any atom is -0.382 e. The number of nitrogen functional groups attached to an aromatic ring is 1. The molecule has 1 aromatic heterocycles. The van der Waals surface area contributed by atoms with Crippen molar-refractivity contribution in [3.05, 3.63) is 16.0 Å². The van der Waals surface area contributed by atoms with Crippen LogP contribution in [-0.4, -0.2) is 33.0 Å². The van der Waals surface area contributed by atoms with Gasteiger partial charge in [-0.3, -0.25) is 5.41 Å². The van der Waals surface area contributed by atoms with E-state index in [4.69, 9.17) is 22.7 Å². The molecule has 0 radical (unpaired) electrons. The Morgan fingerprint density at radius 3 is 2.30 bits per heavy atom. The number of hydrogen-bond acceptors (Lipinski definition) is 5. The monoisotopic (exact) mass is 429 g/mol. The van der Waals surface area contributed by atoms with Crippen LogP contribution in [0.2, 0.25) is 0 Å². The van der Waals surface area contributed by atoms with Crippen LogP contribution in [-0.2, 0) is 0 Å². The van der Waals surface area contributed by atoms with E-state index in [9.17, 15) is 0 Å². The second-order valence-corrected chi connectivity index (χ2v) is 10.6. The number of hydrogen-bond donors (Lipinski definition) is 2. The smallest absolute Gasteiger partial charge is 0.188 e. The van der Waals surface area contributed by atoms with Gasteiger partial charge in [0.15, 0.2) is 5.13 Å². The summed E-state index contributed by atoms with van der Waals surface area (Å²) in [6, 6.07) is 0. The number of anilines is 2. The van der Waals surface area contributed by atoms with Gasteiger partial charge in [-0.2, -0.15) is 0 Å².